The fraction of sp³-hybridized carbons (Fsp3) is 0.417. The van der Waals surface area contributed by atoms with Gasteiger partial charge in [0.1, 0.15) is 11.6 Å². The zero-order valence-electron chi connectivity index (χ0n) is 18.0. The Morgan fingerprint density at radius 1 is 0.938 bits per heavy atom. The summed E-state index contributed by atoms with van der Waals surface area (Å²) in [5.74, 6) is 3.05. The quantitative estimate of drug-likeness (QED) is 0.658. The van der Waals surface area contributed by atoms with E-state index in [4.69, 9.17) is 0 Å². The van der Waals surface area contributed by atoms with Crippen molar-refractivity contribution < 1.29 is 9.90 Å². The van der Waals surface area contributed by atoms with E-state index in [9.17, 15) is 9.90 Å². The van der Waals surface area contributed by atoms with Crippen molar-refractivity contribution in [2.75, 3.05) is 24.5 Å². The van der Waals surface area contributed by atoms with Crippen molar-refractivity contribution in [3.05, 3.63) is 71.9 Å². The topological polar surface area (TPSA) is 87.4 Å². The summed E-state index contributed by atoms with van der Waals surface area (Å²) in [4.78, 5) is 20.1. The van der Waals surface area contributed by atoms with Crippen molar-refractivity contribution in [2.24, 2.45) is 0 Å². The fourth-order valence-corrected chi connectivity index (χ4v) is 4.98. The Morgan fingerprint density at radius 3 is 2.41 bits per heavy atom. The van der Waals surface area contributed by atoms with Gasteiger partial charge in [-0.15, -0.1) is 10.2 Å². The highest BCUT2D eigenvalue weighted by Crippen LogP contribution is 2.35. The highest BCUT2D eigenvalue weighted by Gasteiger charge is 2.35. The van der Waals surface area contributed by atoms with E-state index in [1.807, 2.05) is 36.5 Å². The Kier molecular flexibility index (Phi) is 5.75. The number of rotatable bonds is 5. The van der Waals surface area contributed by atoms with E-state index < -0.39 is 6.09 Å². The molecule has 1 atom stereocenters. The molecule has 0 saturated carbocycles. The van der Waals surface area contributed by atoms with Crippen LogP contribution < -0.4 is 4.90 Å². The van der Waals surface area contributed by atoms with Crippen LogP contribution in [0.25, 0.3) is 0 Å². The maximum Gasteiger partial charge on any atom is 0.407 e. The van der Waals surface area contributed by atoms with Gasteiger partial charge in [0, 0.05) is 31.7 Å². The van der Waals surface area contributed by atoms with Crippen LogP contribution >= 0.6 is 0 Å². The Balaban J connectivity index is 1.42. The number of amides is 1. The summed E-state index contributed by atoms with van der Waals surface area (Å²) in [5.41, 5.74) is 1.17. The molecular formula is C24H28N6O2. The van der Waals surface area contributed by atoms with E-state index in [-0.39, 0.29) is 6.04 Å². The van der Waals surface area contributed by atoms with Crippen LogP contribution in [-0.4, -0.2) is 55.5 Å². The van der Waals surface area contributed by atoms with Crippen molar-refractivity contribution in [3.63, 3.8) is 0 Å². The first-order valence-electron chi connectivity index (χ1n) is 11.3. The third-order valence-electron chi connectivity index (χ3n) is 6.62. The van der Waals surface area contributed by atoms with E-state index >= 15 is 0 Å². The molecule has 166 valence electrons. The van der Waals surface area contributed by atoms with Gasteiger partial charge in [-0.1, -0.05) is 36.4 Å². The van der Waals surface area contributed by atoms with Crippen LogP contribution in [-0.2, 0) is 6.54 Å². The standard InChI is InChI=1S/C24H28N6O2/c31-24(32)29-14-6-9-20(29)23-27-26-22(30(23)17-18-7-2-1-3-8-18)19-11-15-28(16-12-19)21-10-4-5-13-25-21/h1-5,7-8,10,13,19-20H,6,9,11-12,14-17H2,(H,31,32)/t20-/m1/s1. The molecule has 5 rings (SSSR count). The number of nitrogens with zero attached hydrogens (tertiary/aromatic N) is 6. The maximum absolute atomic E-state index is 11.8. The summed E-state index contributed by atoms with van der Waals surface area (Å²) in [6.07, 6.45) is 4.53. The van der Waals surface area contributed by atoms with E-state index in [0.29, 0.717) is 19.0 Å². The molecule has 2 fully saturated rings. The summed E-state index contributed by atoms with van der Waals surface area (Å²) in [5, 5.41) is 18.9. The zero-order chi connectivity index (χ0) is 21.9. The Bertz CT molecular complexity index is 1050. The molecule has 2 aromatic heterocycles. The molecule has 8 heteroatoms. The molecule has 0 radical (unpaired) electrons. The molecule has 2 saturated heterocycles. The second kappa shape index (κ2) is 8.98. The molecule has 1 aromatic carbocycles. The average molecular weight is 433 g/mol. The van der Waals surface area contributed by atoms with E-state index in [0.717, 1.165) is 56.2 Å². The normalized spacial score (nSPS) is 19.4. The highest BCUT2D eigenvalue weighted by molar-refractivity contribution is 5.66. The lowest BCUT2D eigenvalue weighted by Crippen LogP contribution is -2.34. The molecule has 2 aliphatic rings. The number of likely N-dealkylation sites (tertiary alicyclic amines) is 1. The summed E-state index contributed by atoms with van der Waals surface area (Å²) in [6, 6.07) is 16.0. The lowest BCUT2D eigenvalue weighted by Gasteiger charge is -2.32. The van der Waals surface area contributed by atoms with Gasteiger partial charge < -0.3 is 14.6 Å². The number of hydrogen-bond acceptors (Lipinski definition) is 5. The highest BCUT2D eigenvalue weighted by atomic mass is 16.4. The number of benzene rings is 1. The summed E-state index contributed by atoms with van der Waals surface area (Å²) < 4.78 is 2.18. The lowest BCUT2D eigenvalue weighted by molar-refractivity contribution is 0.137. The van der Waals surface area contributed by atoms with Crippen molar-refractivity contribution in [1.82, 2.24) is 24.6 Å². The Labute approximate surface area is 187 Å². The van der Waals surface area contributed by atoms with Gasteiger partial charge in [0.15, 0.2) is 5.82 Å². The molecule has 4 heterocycles. The van der Waals surface area contributed by atoms with Crippen molar-refractivity contribution >= 4 is 11.9 Å². The van der Waals surface area contributed by atoms with Crippen molar-refractivity contribution in [1.29, 1.82) is 0 Å². The van der Waals surface area contributed by atoms with Gasteiger partial charge in [-0.3, -0.25) is 4.90 Å². The van der Waals surface area contributed by atoms with Gasteiger partial charge in [-0.05, 0) is 43.4 Å². The van der Waals surface area contributed by atoms with Gasteiger partial charge >= 0.3 is 6.09 Å². The van der Waals surface area contributed by atoms with Crippen LogP contribution in [0.2, 0.25) is 0 Å². The minimum absolute atomic E-state index is 0.230. The smallest absolute Gasteiger partial charge is 0.407 e. The average Bonchev–Trinajstić information content (AvgIpc) is 3.48. The predicted octanol–water partition coefficient (Wildman–Crippen LogP) is 3.92. The van der Waals surface area contributed by atoms with Gasteiger partial charge in [-0.2, -0.15) is 0 Å². The number of hydrogen-bond donors (Lipinski definition) is 1. The zero-order valence-corrected chi connectivity index (χ0v) is 18.0. The number of aromatic nitrogens is 4. The van der Waals surface area contributed by atoms with Gasteiger partial charge in [-0.25, -0.2) is 9.78 Å². The van der Waals surface area contributed by atoms with Crippen LogP contribution in [0.1, 0.15) is 54.9 Å². The SMILES string of the molecule is O=C(O)N1CCC[C@@H]1c1nnc(C2CCN(c3ccccn3)CC2)n1Cc1ccccc1. The molecule has 32 heavy (non-hydrogen) atoms. The van der Waals surface area contributed by atoms with Crippen molar-refractivity contribution in [2.45, 2.75) is 44.2 Å². The Morgan fingerprint density at radius 2 is 1.69 bits per heavy atom. The third kappa shape index (κ3) is 4.04. The van der Waals surface area contributed by atoms with Gasteiger partial charge in [0.05, 0.1) is 12.6 Å². The lowest BCUT2D eigenvalue weighted by atomic mass is 9.95. The van der Waals surface area contributed by atoms with Crippen LogP contribution in [0.15, 0.2) is 54.7 Å². The summed E-state index contributed by atoms with van der Waals surface area (Å²) in [6.45, 7) is 3.04. The summed E-state index contributed by atoms with van der Waals surface area (Å²) >= 11 is 0. The monoisotopic (exact) mass is 432 g/mol. The second-order valence-corrected chi connectivity index (χ2v) is 8.57. The number of piperidine rings is 1. The number of anilines is 1. The largest absolute Gasteiger partial charge is 0.465 e. The van der Waals surface area contributed by atoms with Gasteiger partial charge in [0.25, 0.3) is 0 Å². The van der Waals surface area contributed by atoms with E-state index in [1.54, 1.807) is 0 Å². The second-order valence-electron chi connectivity index (χ2n) is 8.57. The first-order chi connectivity index (χ1) is 15.7. The molecule has 2 aliphatic heterocycles. The first kappa shape index (κ1) is 20.5. The molecule has 3 aromatic rings. The minimum atomic E-state index is -0.882. The molecule has 1 amide bonds. The van der Waals surface area contributed by atoms with E-state index in [1.165, 1.54) is 10.5 Å². The van der Waals surface area contributed by atoms with Gasteiger partial charge in [0.2, 0.25) is 0 Å². The molecular weight excluding hydrogens is 404 g/mol. The van der Waals surface area contributed by atoms with Crippen molar-refractivity contribution in [3.8, 4) is 0 Å². The molecule has 8 nitrogen and oxygen atoms in total. The maximum atomic E-state index is 11.8. The van der Waals surface area contributed by atoms with Crippen LogP contribution in [0.4, 0.5) is 10.6 Å². The number of pyridine rings is 1. The van der Waals surface area contributed by atoms with Crippen LogP contribution in [0.5, 0.6) is 0 Å². The number of carbonyl (C=O) groups is 1. The fourth-order valence-electron chi connectivity index (χ4n) is 4.98. The first-order valence-corrected chi connectivity index (χ1v) is 11.3. The Hall–Kier alpha value is -3.42. The summed E-state index contributed by atoms with van der Waals surface area (Å²) in [7, 11) is 0. The number of carboxylic acid groups (broad SMARTS) is 1. The minimum Gasteiger partial charge on any atom is -0.465 e. The van der Waals surface area contributed by atoms with Crippen LogP contribution in [0.3, 0.4) is 0 Å². The molecule has 0 aliphatic carbocycles. The van der Waals surface area contributed by atoms with Crippen LogP contribution in [0, 0.1) is 0 Å². The molecule has 1 N–H and O–H groups in total. The molecule has 0 spiro atoms. The molecule has 0 bridgehead atoms. The van der Waals surface area contributed by atoms with E-state index in [2.05, 4.69) is 42.8 Å². The predicted molar refractivity (Wildman–Crippen MR) is 121 cm³/mol. The molecule has 0 unspecified atom stereocenters. The third-order valence-corrected chi connectivity index (χ3v) is 6.62.